The average molecular weight is 294 g/mol. The zero-order valence-corrected chi connectivity index (χ0v) is 10.2. The van der Waals surface area contributed by atoms with Crippen LogP contribution in [0.2, 0.25) is 0 Å². The topological polar surface area (TPSA) is 26.3 Å². The van der Waals surface area contributed by atoms with E-state index in [0.717, 1.165) is 6.08 Å². The zero-order chi connectivity index (χ0) is 12.5. The van der Waals surface area contributed by atoms with Gasteiger partial charge in [0.25, 0.3) is 0 Å². The summed E-state index contributed by atoms with van der Waals surface area (Å²) in [5, 5.41) is -3.99. The molecule has 0 aliphatic heterocycles. The quantitative estimate of drug-likeness (QED) is 0.444. The van der Waals surface area contributed by atoms with Crippen molar-refractivity contribution >= 4 is 40.8 Å². The molecular weight excluding hydrogens is 284 g/mol. The molecule has 4 atom stereocenters. The molecule has 0 saturated heterocycles. The van der Waals surface area contributed by atoms with Crippen LogP contribution in [-0.2, 0) is 9.53 Å². The first-order valence-corrected chi connectivity index (χ1v) is 5.74. The van der Waals surface area contributed by atoms with E-state index in [9.17, 15) is 13.6 Å². The summed E-state index contributed by atoms with van der Waals surface area (Å²) in [6, 6.07) is 0. The summed E-state index contributed by atoms with van der Waals surface area (Å²) in [4.78, 5) is 10.9. The Balaban J connectivity index is 2.82. The molecule has 0 bridgehead atoms. The number of hydrogen-bond acceptors (Lipinski definition) is 2. The van der Waals surface area contributed by atoms with E-state index >= 15 is 0 Å². The second-order valence-electron chi connectivity index (χ2n) is 3.33. The van der Waals surface area contributed by atoms with Gasteiger partial charge in [0, 0.05) is 6.08 Å². The van der Waals surface area contributed by atoms with Gasteiger partial charge in [0.05, 0.1) is 5.38 Å². The molecule has 92 valence electrons. The molecule has 4 unspecified atom stereocenters. The van der Waals surface area contributed by atoms with Crippen molar-refractivity contribution in [3.05, 3.63) is 12.7 Å². The maximum absolute atomic E-state index is 13.4. The van der Waals surface area contributed by atoms with Gasteiger partial charge in [-0.15, -0.1) is 34.8 Å². The second-order valence-corrected chi connectivity index (χ2v) is 4.84. The van der Waals surface area contributed by atoms with Crippen LogP contribution in [0.5, 0.6) is 0 Å². The van der Waals surface area contributed by atoms with Crippen LogP contribution in [0.15, 0.2) is 12.7 Å². The fraction of sp³-hybridized carbons (Fsp3) is 0.667. The fourth-order valence-corrected chi connectivity index (χ4v) is 2.64. The van der Waals surface area contributed by atoms with Gasteiger partial charge in [0.15, 0.2) is 0 Å². The van der Waals surface area contributed by atoms with E-state index in [-0.39, 0.29) is 0 Å². The van der Waals surface area contributed by atoms with Crippen molar-refractivity contribution in [2.45, 2.75) is 34.6 Å². The second kappa shape index (κ2) is 5.52. The van der Waals surface area contributed by atoms with E-state index in [4.69, 9.17) is 39.5 Å². The van der Waals surface area contributed by atoms with Crippen molar-refractivity contribution in [2.75, 3.05) is 0 Å². The van der Waals surface area contributed by atoms with Gasteiger partial charge in [-0.2, -0.15) is 0 Å². The highest BCUT2D eigenvalue weighted by Gasteiger charge is 2.51. The van der Waals surface area contributed by atoms with E-state index in [1.165, 1.54) is 0 Å². The van der Waals surface area contributed by atoms with Crippen LogP contribution in [-0.4, -0.2) is 40.5 Å². The van der Waals surface area contributed by atoms with Crippen molar-refractivity contribution in [2.24, 2.45) is 0 Å². The molecular formula is C9H9Cl3F2O2. The molecule has 0 aromatic rings. The predicted molar refractivity (Wildman–Crippen MR) is 58.8 cm³/mol. The Kier molecular flexibility index (Phi) is 4.83. The van der Waals surface area contributed by atoms with Crippen molar-refractivity contribution in [1.29, 1.82) is 0 Å². The Hall–Kier alpha value is -0.0600. The van der Waals surface area contributed by atoms with Gasteiger partial charge in [-0.1, -0.05) is 6.58 Å². The third-order valence-corrected chi connectivity index (χ3v) is 3.72. The minimum atomic E-state index is -1.84. The Morgan fingerprint density at radius 3 is 1.94 bits per heavy atom. The fourth-order valence-electron chi connectivity index (χ4n) is 1.38. The Labute approximate surface area is 106 Å². The Morgan fingerprint density at radius 2 is 1.56 bits per heavy atom. The minimum Gasteiger partial charge on any atom is -0.456 e. The molecule has 1 rings (SSSR count). The van der Waals surface area contributed by atoms with Crippen LogP contribution in [0.3, 0.4) is 0 Å². The summed E-state index contributed by atoms with van der Waals surface area (Å²) >= 11 is 16.8. The molecule has 16 heavy (non-hydrogen) atoms. The number of ether oxygens (including phenoxy) is 1. The van der Waals surface area contributed by atoms with Crippen LogP contribution in [0.25, 0.3) is 0 Å². The van der Waals surface area contributed by atoms with E-state index in [1.54, 1.807) is 0 Å². The summed E-state index contributed by atoms with van der Waals surface area (Å²) in [7, 11) is 0. The third-order valence-electron chi connectivity index (χ3n) is 2.26. The van der Waals surface area contributed by atoms with Crippen LogP contribution in [0.1, 0.15) is 0 Å². The molecule has 0 amide bonds. The highest BCUT2D eigenvalue weighted by Crippen LogP contribution is 2.36. The molecule has 7 heteroatoms. The first-order valence-electron chi connectivity index (χ1n) is 4.43. The number of halogens is 5. The molecule has 1 saturated carbocycles. The smallest absolute Gasteiger partial charge is 0.330 e. The first kappa shape index (κ1) is 14.0. The molecule has 0 aromatic heterocycles. The lowest BCUT2D eigenvalue weighted by Gasteiger charge is -2.38. The lowest BCUT2D eigenvalue weighted by Crippen LogP contribution is -2.56. The number of alkyl halides is 5. The molecule has 2 nitrogen and oxygen atoms in total. The zero-order valence-electron chi connectivity index (χ0n) is 7.95. The number of esters is 1. The first-order chi connectivity index (χ1) is 7.40. The maximum atomic E-state index is 13.4. The van der Waals surface area contributed by atoms with Crippen molar-refractivity contribution in [3.63, 3.8) is 0 Å². The molecule has 0 aromatic carbocycles. The highest BCUT2D eigenvalue weighted by molar-refractivity contribution is 6.28. The van der Waals surface area contributed by atoms with Crippen molar-refractivity contribution < 1.29 is 18.3 Å². The highest BCUT2D eigenvalue weighted by atomic mass is 35.5. The maximum Gasteiger partial charge on any atom is 0.330 e. The normalized spacial score (nSPS) is 43.8. The minimum absolute atomic E-state index is 0.839. The van der Waals surface area contributed by atoms with Crippen LogP contribution in [0.4, 0.5) is 8.78 Å². The third kappa shape index (κ3) is 2.60. The van der Waals surface area contributed by atoms with Gasteiger partial charge in [-0.05, 0) is 0 Å². The molecule has 0 spiro atoms. The van der Waals surface area contributed by atoms with E-state index in [1.807, 2.05) is 0 Å². The Morgan fingerprint density at radius 1 is 1.12 bits per heavy atom. The number of rotatable bonds is 2. The van der Waals surface area contributed by atoms with Gasteiger partial charge in [-0.25, -0.2) is 13.6 Å². The van der Waals surface area contributed by atoms with Gasteiger partial charge >= 0.3 is 5.97 Å². The Bertz CT molecular complexity index is 274. The van der Waals surface area contributed by atoms with Crippen LogP contribution >= 0.6 is 34.8 Å². The number of carbonyl (C=O) groups excluding carboxylic acids is 1. The van der Waals surface area contributed by atoms with Gasteiger partial charge in [-0.3, -0.25) is 0 Å². The number of carbonyl (C=O) groups is 1. The van der Waals surface area contributed by atoms with Gasteiger partial charge in [0.1, 0.15) is 29.2 Å². The van der Waals surface area contributed by atoms with Crippen LogP contribution < -0.4 is 0 Å². The van der Waals surface area contributed by atoms with Crippen LogP contribution in [0, 0.1) is 0 Å². The summed E-state index contributed by atoms with van der Waals surface area (Å²) in [6.07, 6.45) is -4.08. The lowest BCUT2D eigenvalue weighted by atomic mass is 9.92. The predicted octanol–water partition coefficient (Wildman–Crippen LogP) is 2.60. The molecule has 1 aliphatic carbocycles. The summed E-state index contributed by atoms with van der Waals surface area (Å²) in [6.45, 7) is 3.15. The molecule has 1 aliphatic rings. The molecule has 0 heterocycles. The summed E-state index contributed by atoms with van der Waals surface area (Å²) in [5.74, 6) is -0.839. The molecule has 1 fully saturated rings. The van der Waals surface area contributed by atoms with Gasteiger partial charge < -0.3 is 4.74 Å². The van der Waals surface area contributed by atoms with E-state index in [0.29, 0.717) is 0 Å². The average Bonchev–Trinajstić information content (AvgIpc) is 2.29. The van der Waals surface area contributed by atoms with Gasteiger partial charge in [0.2, 0.25) is 0 Å². The van der Waals surface area contributed by atoms with E-state index in [2.05, 4.69) is 6.58 Å². The summed E-state index contributed by atoms with van der Waals surface area (Å²) in [5.41, 5.74) is 0. The lowest BCUT2D eigenvalue weighted by molar-refractivity contribution is -0.145. The summed E-state index contributed by atoms with van der Waals surface area (Å²) < 4.78 is 31.5. The SMILES string of the molecule is C=CC(=O)OC1C(Cl)C(F)C(Cl)C(F)C1Cl. The monoisotopic (exact) mass is 292 g/mol. The van der Waals surface area contributed by atoms with Crippen molar-refractivity contribution in [3.8, 4) is 0 Å². The van der Waals surface area contributed by atoms with Crippen molar-refractivity contribution in [1.82, 2.24) is 0 Å². The molecule has 0 radical (unpaired) electrons. The van der Waals surface area contributed by atoms with E-state index < -0.39 is 40.5 Å². The number of hydrogen-bond donors (Lipinski definition) is 0. The standard InChI is InChI=1S/C9H9Cl3F2O2/c1-2-3(15)16-9-5(11)7(13)4(10)8(14)6(9)12/h2,4-9H,1H2. The molecule has 0 N–H and O–H groups in total. The largest absolute Gasteiger partial charge is 0.456 e.